The lowest BCUT2D eigenvalue weighted by atomic mass is 9.95. The Morgan fingerprint density at radius 2 is 1.54 bits per heavy atom. The molecule has 118 valence electrons. The average molecular weight is 329 g/mol. The lowest BCUT2D eigenvalue weighted by Gasteiger charge is -2.10. The molecular weight excluding hydrogens is 310 g/mol. The third-order valence-corrected chi connectivity index (χ3v) is 6.28. The van der Waals surface area contributed by atoms with E-state index in [-0.39, 0.29) is 0 Å². The molecule has 5 aromatic rings. The Labute approximate surface area is 145 Å². The highest BCUT2D eigenvalue weighted by molar-refractivity contribution is 7.26. The zero-order chi connectivity index (χ0) is 16.4. The van der Waals surface area contributed by atoms with E-state index in [1.807, 2.05) is 11.3 Å². The second kappa shape index (κ2) is 4.84. The summed E-state index contributed by atoms with van der Waals surface area (Å²) in [4.78, 5) is 0. The first-order valence-electron chi connectivity index (χ1n) is 8.48. The van der Waals surface area contributed by atoms with Gasteiger partial charge >= 0.3 is 0 Å². The molecule has 0 aliphatic carbocycles. The molecule has 0 N–H and O–H groups in total. The third-order valence-electron chi connectivity index (χ3n) is 5.16. The predicted molar refractivity (Wildman–Crippen MR) is 107 cm³/mol. The molecule has 2 heteroatoms. The monoisotopic (exact) mass is 329 g/mol. The molecule has 0 aliphatic heterocycles. The molecule has 0 unspecified atom stereocenters. The van der Waals surface area contributed by atoms with Crippen molar-refractivity contribution in [3.63, 3.8) is 0 Å². The van der Waals surface area contributed by atoms with Crippen LogP contribution in [-0.2, 0) is 7.05 Å². The highest BCUT2D eigenvalue weighted by atomic mass is 32.1. The van der Waals surface area contributed by atoms with E-state index in [1.54, 1.807) is 0 Å². The normalized spacial score (nSPS) is 12.3. The standard InChI is InChI=1S/C22H19NS/c1-13(2)16-12-19-21(15-9-5-7-11-18(15)24-19)22-20(16)14-8-4-6-10-17(14)23(22)3/h4-13H,1-3H3. The summed E-state index contributed by atoms with van der Waals surface area (Å²) >= 11 is 1.91. The summed E-state index contributed by atoms with van der Waals surface area (Å²) in [5, 5.41) is 5.59. The Hall–Kier alpha value is -2.32. The number of aryl methyl sites for hydroxylation is 1. The zero-order valence-corrected chi connectivity index (χ0v) is 14.9. The van der Waals surface area contributed by atoms with Gasteiger partial charge in [-0.25, -0.2) is 0 Å². The van der Waals surface area contributed by atoms with Crippen LogP contribution in [0.3, 0.4) is 0 Å². The molecule has 2 aromatic heterocycles. The van der Waals surface area contributed by atoms with Crippen LogP contribution in [-0.4, -0.2) is 4.57 Å². The van der Waals surface area contributed by atoms with Crippen LogP contribution in [0.25, 0.3) is 42.0 Å². The second-order valence-corrected chi connectivity index (χ2v) is 7.98. The molecule has 0 bridgehead atoms. The van der Waals surface area contributed by atoms with Crippen LogP contribution in [0.1, 0.15) is 25.3 Å². The van der Waals surface area contributed by atoms with Gasteiger partial charge in [-0.05, 0) is 29.7 Å². The van der Waals surface area contributed by atoms with Crippen molar-refractivity contribution in [2.24, 2.45) is 7.05 Å². The molecule has 3 aromatic carbocycles. The van der Waals surface area contributed by atoms with Crippen molar-refractivity contribution >= 4 is 53.3 Å². The second-order valence-electron chi connectivity index (χ2n) is 6.89. The van der Waals surface area contributed by atoms with Crippen molar-refractivity contribution in [2.75, 3.05) is 0 Å². The first kappa shape index (κ1) is 14.1. The van der Waals surface area contributed by atoms with Gasteiger partial charge in [-0.1, -0.05) is 50.2 Å². The van der Waals surface area contributed by atoms with Crippen LogP contribution in [0, 0.1) is 0 Å². The average Bonchev–Trinajstić information content (AvgIpc) is 3.10. The summed E-state index contributed by atoms with van der Waals surface area (Å²) in [7, 11) is 2.21. The number of hydrogen-bond donors (Lipinski definition) is 0. The Kier molecular flexibility index (Phi) is 2.84. The molecule has 0 amide bonds. The summed E-state index contributed by atoms with van der Waals surface area (Å²) in [5.41, 5.74) is 4.16. The number of benzene rings is 3. The number of aromatic nitrogens is 1. The van der Waals surface area contributed by atoms with E-state index < -0.39 is 0 Å². The molecule has 0 radical (unpaired) electrons. The van der Waals surface area contributed by atoms with E-state index in [1.165, 1.54) is 47.5 Å². The minimum atomic E-state index is 0.507. The van der Waals surface area contributed by atoms with Gasteiger partial charge in [0.2, 0.25) is 0 Å². The van der Waals surface area contributed by atoms with Crippen LogP contribution < -0.4 is 0 Å². The van der Waals surface area contributed by atoms with Gasteiger partial charge in [0.05, 0.1) is 5.52 Å². The predicted octanol–water partition coefficient (Wildman–Crippen LogP) is 6.82. The van der Waals surface area contributed by atoms with Crippen LogP contribution in [0.15, 0.2) is 54.6 Å². The summed E-state index contributed by atoms with van der Waals surface area (Å²) in [5.74, 6) is 0.507. The number of nitrogens with zero attached hydrogens (tertiary/aromatic N) is 1. The SMILES string of the molecule is CC(C)c1cc2sc3ccccc3c2c2c1c1ccccc1n2C. The molecule has 0 atom stereocenters. The van der Waals surface area contributed by atoms with Crippen molar-refractivity contribution in [3.05, 3.63) is 60.2 Å². The Bertz CT molecular complexity index is 1240. The molecular formula is C22H19NS. The van der Waals surface area contributed by atoms with Crippen molar-refractivity contribution in [1.82, 2.24) is 4.57 Å². The van der Waals surface area contributed by atoms with Gasteiger partial charge in [0.1, 0.15) is 0 Å². The summed E-state index contributed by atoms with van der Waals surface area (Å²) < 4.78 is 5.16. The Morgan fingerprint density at radius 3 is 2.33 bits per heavy atom. The van der Waals surface area contributed by atoms with Crippen molar-refractivity contribution in [1.29, 1.82) is 0 Å². The molecule has 0 aliphatic rings. The number of thiophene rings is 1. The van der Waals surface area contributed by atoms with Crippen LogP contribution in [0.4, 0.5) is 0 Å². The zero-order valence-electron chi connectivity index (χ0n) is 14.1. The minimum absolute atomic E-state index is 0.507. The molecule has 2 heterocycles. The van der Waals surface area contributed by atoms with Gasteiger partial charge in [-0.3, -0.25) is 0 Å². The fourth-order valence-electron chi connectivity index (χ4n) is 4.06. The smallest absolute Gasteiger partial charge is 0.0586 e. The maximum absolute atomic E-state index is 2.43. The van der Waals surface area contributed by atoms with Crippen molar-refractivity contribution < 1.29 is 0 Å². The van der Waals surface area contributed by atoms with Gasteiger partial charge in [0.25, 0.3) is 0 Å². The van der Waals surface area contributed by atoms with Gasteiger partial charge in [0.15, 0.2) is 0 Å². The lowest BCUT2D eigenvalue weighted by molar-refractivity contribution is 0.878. The summed E-state index contributed by atoms with van der Waals surface area (Å²) in [6.45, 7) is 4.60. The van der Waals surface area contributed by atoms with Gasteiger partial charge in [0, 0.05) is 43.5 Å². The number of para-hydroxylation sites is 1. The Morgan fingerprint density at radius 1 is 0.833 bits per heavy atom. The topological polar surface area (TPSA) is 4.93 Å². The van der Waals surface area contributed by atoms with Gasteiger partial charge in [-0.2, -0.15) is 0 Å². The quantitative estimate of drug-likeness (QED) is 0.318. The molecule has 24 heavy (non-hydrogen) atoms. The highest BCUT2D eigenvalue weighted by Gasteiger charge is 2.19. The Balaban J connectivity index is 2.18. The van der Waals surface area contributed by atoms with Crippen molar-refractivity contribution in [2.45, 2.75) is 19.8 Å². The summed E-state index contributed by atoms with van der Waals surface area (Å²) in [6.07, 6.45) is 0. The first-order valence-corrected chi connectivity index (χ1v) is 9.29. The maximum Gasteiger partial charge on any atom is 0.0586 e. The fourth-order valence-corrected chi connectivity index (χ4v) is 5.22. The molecule has 0 spiro atoms. The van der Waals surface area contributed by atoms with Crippen LogP contribution in [0.5, 0.6) is 0 Å². The van der Waals surface area contributed by atoms with E-state index in [0.29, 0.717) is 5.92 Å². The summed E-state index contributed by atoms with van der Waals surface area (Å²) in [6, 6.07) is 20.0. The number of hydrogen-bond acceptors (Lipinski definition) is 1. The number of rotatable bonds is 1. The minimum Gasteiger partial charge on any atom is -0.343 e. The van der Waals surface area contributed by atoms with E-state index in [4.69, 9.17) is 0 Å². The molecule has 0 saturated carbocycles. The number of fused-ring (bicyclic) bond motifs is 7. The lowest BCUT2D eigenvalue weighted by Crippen LogP contribution is -1.91. The molecule has 0 fully saturated rings. The molecule has 5 rings (SSSR count). The molecule has 1 nitrogen and oxygen atoms in total. The van der Waals surface area contributed by atoms with E-state index in [0.717, 1.165) is 0 Å². The maximum atomic E-state index is 2.43. The highest BCUT2D eigenvalue weighted by Crippen LogP contribution is 2.44. The van der Waals surface area contributed by atoms with Gasteiger partial charge in [-0.15, -0.1) is 11.3 Å². The van der Waals surface area contributed by atoms with E-state index in [9.17, 15) is 0 Å². The fraction of sp³-hybridized carbons (Fsp3) is 0.182. The van der Waals surface area contributed by atoms with Gasteiger partial charge < -0.3 is 4.57 Å². The third kappa shape index (κ3) is 1.69. The first-order chi connectivity index (χ1) is 11.7. The van der Waals surface area contributed by atoms with Crippen molar-refractivity contribution in [3.8, 4) is 0 Å². The molecule has 0 saturated heterocycles. The largest absolute Gasteiger partial charge is 0.343 e. The van der Waals surface area contributed by atoms with E-state index >= 15 is 0 Å². The van der Waals surface area contributed by atoms with Crippen LogP contribution >= 0.6 is 11.3 Å². The van der Waals surface area contributed by atoms with E-state index in [2.05, 4.69) is 80.1 Å². The van der Waals surface area contributed by atoms with Crippen LogP contribution in [0.2, 0.25) is 0 Å².